The summed E-state index contributed by atoms with van der Waals surface area (Å²) in [4.78, 5) is 35.4. The van der Waals surface area contributed by atoms with Crippen LogP contribution in [0.4, 0.5) is 4.79 Å². The van der Waals surface area contributed by atoms with E-state index in [-0.39, 0.29) is 0 Å². The smallest absolute Gasteiger partial charge is 0.407 e. The zero-order chi connectivity index (χ0) is 18.2. The molecule has 0 aromatic heterocycles. The summed E-state index contributed by atoms with van der Waals surface area (Å²) >= 11 is 0. The summed E-state index contributed by atoms with van der Waals surface area (Å²) in [6, 6.07) is -1.64. The van der Waals surface area contributed by atoms with Crippen molar-refractivity contribution in [3.05, 3.63) is 0 Å². The van der Waals surface area contributed by atoms with Gasteiger partial charge >= 0.3 is 12.1 Å². The van der Waals surface area contributed by atoms with Crippen LogP contribution in [0.25, 0.3) is 0 Å². The SMILES string of the molecule is CC[C@@H](C(=O)NC(CO)C(=O)OC)[C@@H](C)NC(=O)OC(C)(C)C. The van der Waals surface area contributed by atoms with Crippen molar-refractivity contribution < 1.29 is 29.0 Å². The van der Waals surface area contributed by atoms with Crippen LogP contribution in [0, 0.1) is 5.92 Å². The predicted molar refractivity (Wildman–Crippen MR) is 83.6 cm³/mol. The van der Waals surface area contributed by atoms with Gasteiger partial charge in [0.25, 0.3) is 0 Å². The van der Waals surface area contributed by atoms with E-state index in [1.165, 1.54) is 7.11 Å². The number of amides is 2. The fourth-order valence-corrected chi connectivity index (χ4v) is 1.96. The highest BCUT2D eigenvalue weighted by molar-refractivity contribution is 5.86. The average Bonchev–Trinajstić information content (AvgIpc) is 2.42. The van der Waals surface area contributed by atoms with Crippen LogP contribution in [0.15, 0.2) is 0 Å². The highest BCUT2D eigenvalue weighted by atomic mass is 16.6. The molecular weight excluding hydrogens is 304 g/mol. The van der Waals surface area contributed by atoms with E-state index in [1.807, 2.05) is 0 Å². The minimum atomic E-state index is -1.13. The van der Waals surface area contributed by atoms with Gasteiger partial charge in [0.1, 0.15) is 5.60 Å². The van der Waals surface area contributed by atoms with Gasteiger partial charge in [-0.1, -0.05) is 6.92 Å². The number of esters is 1. The first-order valence-electron chi connectivity index (χ1n) is 7.54. The third-order valence-corrected chi connectivity index (χ3v) is 3.11. The number of hydrogen-bond donors (Lipinski definition) is 3. The molecule has 0 bridgehead atoms. The summed E-state index contributed by atoms with van der Waals surface area (Å²) in [5.41, 5.74) is -0.638. The molecule has 0 aliphatic rings. The number of nitrogens with one attached hydrogen (secondary N) is 2. The molecule has 0 radical (unpaired) electrons. The lowest BCUT2D eigenvalue weighted by molar-refractivity contribution is -0.146. The highest BCUT2D eigenvalue weighted by Crippen LogP contribution is 2.12. The van der Waals surface area contributed by atoms with Crippen molar-refractivity contribution in [3.63, 3.8) is 0 Å². The number of alkyl carbamates (subject to hydrolysis) is 1. The van der Waals surface area contributed by atoms with Gasteiger partial charge < -0.3 is 25.2 Å². The number of carbonyl (C=O) groups is 3. The summed E-state index contributed by atoms with van der Waals surface area (Å²) in [7, 11) is 1.17. The van der Waals surface area contributed by atoms with Crippen molar-refractivity contribution in [2.45, 2.75) is 58.7 Å². The molecule has 0 aromatic carbocycles. The van der Waals surface area contributed by atoms with Crippen LogP contribution in [0.2, 0.25) is 0 Å². The van der Waals surface area contributed by atoms with Gasteiger partial charge in [0.15, 0.2) is 6.04 Å². The average molecular weight is 332 g/mol. The molecule has 0 fully saturated rings. The fraction of sp³-hybridized carbons (Fsp3) is 0.800. The van der Waals surface area contributed by atoms with E-state index in [2.05, 4.69) is 15.4 Å². The molecule has 0 aliphatic carbocycles. The Morgan fingerprint density at radius 3 is 2.13 bits per heavy atom. The van der Waals surface area contributed by atoms with Gasteiger partial charge in [0.2, 0.25) is 5.91 Å². The number of aliphatic hydroxyl groups excluding tert-OH is 1. The number of ether oxygens (including phenoxy) is 2. The first-order chi connectivity index (χ1) is 10.6. The van der Waals surface area contributed by atoms with Gasteiger partial charge in [-0.05, 0) is 34.1 Å². The second-order valence-electron chi connectivity index (χ2n) is 6.22. The molecular formula is C15H28N2O6. The van der Waals surface area contributed by atoms with Gasteiger partial charge in [-0.3, -0.25) is 4.79 Å². The van der Waals surface area contributed by atoms with Gasteiger partial charge in [-0.2, -0.15) is 0 Å². The molecule has 0 spiro atoms. The van der Waals surface area contributed by atoms with Gasteiger partial charge in [-0.15, -0.1) is 0 Å². The summed E-state index contributed by atoms with van der Waals surface area (Å²) < 4.78 is 9.64. The zero-order valence-corrected chi connectivity index (χ0v) is 14.6. The molecule has 2 amide bonds. The molecule has 0 aliphatic heterocycles. The Kier molecular flexibility index (Phi) is 8.60. The van der Waals surface area contributed by atoms with Crippen molar-refractivity contribution in [2.75, 3.05) is 13.7 Å². The van der Waals surface area contributed by atoms with Crippen LogP contribution in [-0.2, 0) is 19.1 Å². The molecule has 0 saturated carbocycles. The first kappa shape index (κ1) is 21.2. The van der Waals surface area contributed by atoms with E-state index in [0.29, 0.717) is 6.42 Å². The molecule has 8 heteroatoms. The molecule has 0 rings (SSSR count). The van der Waals surface area contributed by atoms with E-state index in [4.69, 9.17) is 9.84 Å². The molecule has 0 heterocycles. The van der Waals surface area contributed by atoms with E-state index >= 15 is 0 Å². The molecule has 0 saturated heterocycles. The van der Waals surface area contributed by atoms with Crippen molar-refractivity contribution in [1.29, 1.82) is 0 Å². The maximum Gasteiger partial charge on any atom is 0.407 e. The van der Waals surface area contributed by atoms with Crippen molar-refractivity contribution in [2.24, 2.45) is 5.92 Å². The third-order valence-electron chi connectivity index (χ3n) is 3.11. The van der Waals surface area contributed by atoms with E-state index in [9.17, 15) is 14.4 Å². The van der Waals surface area contributed by atoms with Gasteiger partial charge in [0.05, 0.1) is 19.6 Å². The normalized spacial score (nSPS) is 15.1. The van der Waals surface area contributed by atoms with Crippen LogP contribution < -0.4 is 10.6 Å². The standard InChI is InChI=1S/C15H28N2O6/c1-7-10(9(2)16-14(21)23-15(3,4)5)12(19)17-11(8-18)13(20)22-6/h9-11,18H,7-8H2,1-6H3,(H,16,21)(H,17,19)/t9-,10-,11?/m1/s1. The van der Waals surface area contributed by atoms with Crippen LogP contribution in [0.3, 0.4) is 0 Å². The number of carbonyl (C=O) groups excluding carboxylic acids is 3. The lowest BCUT2D eigenvalue weighted by Gasteiger charge is -2.26. The Morgan fingerprint density at radius 1 is 1.17 bits per heavy atom. The van der Waals surface area contributed by atoms with Gasteiger partial charge in [-0.25, -0.2) is 9.59 Å². The Labute approximate surface area is 136 Å². The lowest BCUT2D eigenvalue weighted by Crippen LogP contribution is -2.51. The van der Waals surface area contributed by atoms with Crippen molar-refractivity contribution >= 4 is 18.0 Å². The number of methoxy groups -OCH3 is 1. The Morgan fingerprint density at radius 2 is 1.74 bits per heavy atom. The Balaban J connectivity index is 4.75. The minimum Gasteiger partial charge on any atom is -0.467 e. The van der Waals surface area contributed by atoms with Crippen molar-refractivity contribution in [1.82, 2.24) is 10.6 Å². The Bertz CT molecular complexity index is 419. The minimum absolute atomic E-state index is 0.433. The van der Waals surface area contributed by atoms with E-state index in [0.717, 1.165) is 0 Å². The summed E-state index contributed by atoms with van der Waals surface area (Å²) in [5, 5.41) is 14.2. The monoisotopic (exact) mass is 332 g/mol. The lowest BCUT2D eigenvalue weighted by atomic mass is 9.97. The summed E-state index contributed by atoms with van der Waals surface area (Å²) in [5.74, 6) is -1.77. The fourth-order valence-electron chi connectivity index (χ4n) is 1.96. The molecule has 23 heavy (non-hydrogen) atoms. The highest BCUT2D eigenvalue weighted by Gasteiger charge is 2.30. The van der Waals surface area contributed by atoms with E-state index < -0.39 is 48.2 Å². The molecule has 0 aromatic rings. The molecule has 134 valence electrons. The zero-order valence-electron chi connectivity index (χ0n) is 14.6. The van der Waals surface area contributed by atoms with Crippen LogP contribution in [0.5, 0.6) is 0 Å². The summed E-state index contributed by atoms with van der Waals surface area (Å²) in [6.07, 6.45) is -0.190. The molecule has 3 N–H and O–H groups in total. The van der Waals surface area contributed by atoms with Gasteiger partial charge in [0, 0.05) is 6.04 Å². The number of aliphatic hydroxyl groups is 1. The van der Waals surface area contributed by atoms with E-state index in [1.54, 1.807) is 34.6 Å². The predicted octanol–water partition coefficient (Wildman–Crippen LogP) is 0.576. The van der Waals surface area contributed by atoms with Crippen molar-refractivity contribution in [3.8, 4) is 0 Å². The maximum atomic E-state index is 12.3. The number of rotatable bonds is 7. The number of hydrogen-bond acceptors (Lipinski definition) is 6. The molecule has 3 atom stereocenters. The topological polar surface area (TPSA) is 114 Å². The Hall–Kier alpha value is -1.83. The largest absolute Gasteiger partial charge is 0.467 e. The first-order valence-corrected chi connectivity index (χ1v) is 7.54. The molecule has 1 unspecified atom stereocenters. The molecule has 8 nitrogen and oxygen atoms in total. The maximum absolute atomic E-state index is 12.3. The second kappa shape index (κ2) is 9.34. The third kappa shape index (κ3) is 7.83. The summed E-state index contributed by atoms with van der Waals surface area (Å²) in [6.45, 7) is 8.10. The second-order valence-corrected chi connectivity index (χ2v) is 6.22. The van der Waals surface area contributed by atoms with Crippen LogP contribution in [0.1, 0.15) is 41.0 Å². The quantitative estimate of drug-likeness (QED) is 0.588. The van der Waals surface area contributed by atoms with Crippen LogP contribution >= 0.6 is 0 Å². The van der Waals surface area contributed by atoms with Crippen LogP contribution in [-0.4, -0.2) is 54.5 Å².